The van der Waals surface area contributed by atoms with E-state index in [2.05, 4.69) is 5.32 Å². The standard InChI is InChI=1S/C11H18N2O2/c1-8(10-4-12-5-10)11(15)13-3-2-9(6-13)7-14/h9,12,14H,2-7H2,1H3. The van der Waals surface area contributed by atoms with Crippen molar-refractivity contribution in [3.63, 3.8) is 0 Å². The van der Waals surface area contributed by atoms with Crippen LogP contribution in [0.15, 0.2) is 11.1 Å². The molecule has 1 atom stereocenters. The number of hydrogen-bond acceptors (Lipinski definition) is 3. The van der Waals surface area contributed by atoms with Gasteiger partial charge in [-0.25, -0.2) is 0 Å². The van der Waals surface area contributed by atoms with Crippen molar-refractivity contribution in [2.75, 3.05) is 32.8 Å². The summed E-state index contributed by atoms with van der Waals surface area (Å²) in [4.78, 5) is 13.9. The van der Waals surface area contributed by atoms with Gasteiger partial charge in [0.25, 0.3) is 0 Å². The average molecular weight is 210 g/mol. The molecule has 0 aromatic heterocycles. The fourth-order valence-corrected chi connectivity index (χ4v) is 2.07. The Morgan fingerprint density at radius 2 is 2.33 bits per heavy atom. The van der Waals surface area contributed by atoms with Crippen LogP contribution in [0.4, 0.5) is 0 Å². The molecule has 15 heavy (non-hydrogen) atoms. The zero-order valence-electron chi connectivity index (χ0n) is 9.12. The molecular weight excluding hydrogens is 192 g/mol. The van der Waals surface area contributed by atoms with E-state index >= 15 is 0 Å². The van der Waals surface area contributed by atoms with E-state index in [1.165, 1.54) is 5.57 Å². The molecule has 0 saturated carbocycles. The SMILES string of the molecule is CC(C(=O)N1CCC(CO)C1)=C1CNC1. The summed E-state index contributed by atoms with van der Waals surface area (Å²) in [6, 6.07) is 0. The van der Waals surface area contributed by atoms with Crippen LogP contribution in [0.25, 0.3) is 0 Å². The Labute approximate surface area is 90.0 Å². The van der Waals surface area contributed by atoms with Gasteiger partial charge in [0.05, 0.1) is 0 Å². The highest BCUT2D eigenvalue weighted by atomic mass is 16.3. The van der Waals surface area contributed by atoms with Gasteiger partial charge in [-0.15, -0.1) is 0 Å². The number of nitrogens with one attached hydrogen (secondary N) is 1. The van der Waals surface area contributed by atoms with Crippen LogP contribution in [0.3, 0.4) is 0 Å². The molecule has 2 rings (SSSR count). The van der Waals surface area contributed by atoms with Crippen molar-refractivity contribution in [1.29, 1.82) is 0 Å². The Kier molecular flexibility index (Phi) is 3.07. The first-order chi connectivity index (χ1) is 7.22. The smallest absolute Gasteiger partial charge is 0.249 e. The summed E-state index contributed by atoms with van der Waals surface area (Å²) in [5.41, 5.74) is 2.12. The van der Waals surface area contributed by atoms with Crippen LogP contribution in [0.2, 0.25) is 0 Å². The van der Waals surface area contributed by atoms with Gasteiger partial charge < -0.3 is 15.3 Å². The quantitative estimate of drug-likeness (QED) is 0.618. The van der Waals surface area contributed by atoms with Gasteiger partial charge >= 0.3 is 0 Å². The van der Waals surface area contributed by atoms with E-state index in [1.807, 2.05) is 11.8 Å². The Hall–Kier alpha value is -0.870. The molecule has 2 aliphatic heterocycles. The van der Waals surface area contributed by atoms with Crippen LogP contribution in [-0.4, -0.2) is 48.7 Å². The highest BCUT2D eigenvalue weighted by Crippen LogP contribution is 2.19. The molecule has 2 fully saturated rings. The third kappa shape index (κ3) is 2.06. The number of carbonyl (C=O) groups excluding carboxylic acids is 1. The van der Waals surface area contributed by atoms with Gasteiger partial charge in [0.15, 0.2) is 0 Å². The normalized spacial score (nSPS) is 25.3. The first-order valence-corrected chi connectivity index (χ1v) is 5.52. The van der Waals surface area contributed by atoms with Crippen LogP contribution in [0, 0.1) is 5.92 Å². The Morgan fingerprint density at radius 1 is 1.60 bits per heavy atom. The number of amides is 1. The van der Waals surface area contributed by atoms with Gasteiger partial charge in [-0.1, -0.05) is 0 Å². The first-order valence-electron chi connectivity index (χ1n) is 5.52. The van der Waals surface area contributed by atoms with E-state index in [0.717, 1.165) is 31.6 Å². The molecule has 0 aromatic rings. The van der Waals surface area contributed by atoms with Crippen LogP contribution < -0.4 is 5.32 Å². The Morgan fingerprint density at radius 3 is 2.80 bits per heavy atom. The molecule has 2 aliphatic rings. The maximum absolute atomic E-state index is 12.0. The first kappa shape index (κ1) is 10.6. The molecule has 84 valence electrons. The van der Waals surface area contributed by atoms with Gasteiger partial charge in [0, 0.05) is 44.3 Å². The minimum Gasteiger partial charge on any atom is -0.396 e. The van der Waals surface area contributed by atoms with E-state index < -0.39 is 0 Å². The lowest BCUT2D eigenvalue weighted by molar-refractivity contribution is -0.126. The van der Waals surface area contributed by atoms with Gasteiger partial charge in [-0.05, 0) is 18.9 Å². The Bertz CT molecular complexity index is 293. The summed E-state index contributed by atoms with van der Waals surface area (Å²) in [7, 11) is 0. The number of hydrogen-bond donors (Lipinski definition) is 2. The van der Waals surface area contributed by atoms with E-state index in [0.29, 0.717) is 6.54 Å². The molecule has 4 nitrogen and oxygen atoms in total. The lowest BCUT2D eigenvalue weighted by atomic mass is 10.0. The summed E-state index contributed by atoms with van der Waals surface area (Å²) in [5, 5.41) is 12.1. The number of rotatable bonds is 2. The molecule has 0 spiro atoms. The molecule has 2 heterocycles. The van der Waals surface area contributed by atoms with E-state index in [-0.39, 0.29) is 18.4 Å². The minimum absolute atomic E-state index is 0.155. The largest absolute Gasteiger partial charge is 0.396 e. The highest BCUT2D eigenvalue weighted by Gasteiger charge is 2.27. The summed E-state index contributed by atoms with van der Waals surface area (Å²) >= 11 is 0. The summed E-state index contributed by atoms with van der Waals surface area (Å²) in [6.45, 7) is 5.32. The van der Waals surface area contributed by atoms with Crippen LogP contribution in [0.5, 0.6) is 0 Å². The maximum atomic E-state index is 12.0. The third-order valence-electron chi connectivity index (χ3n) is 3.36. The van der Waals surface area contributed by atoms with Gasteiger partial charge in [0.1, 0.15) is 0 Å². The predicted octanol–water partition coefficient (Wildman–Crippen LogP) is -0.253. The molecule has 4 heteroatoms. The molecule has 1 amide bonds. The highest BCUT2D eigenvalue weighted by molar-refractivity contribution is 5.94. The molecule has 0 aromatic carbocycles. The molecule has 0 bridgehead atoms. The second-order valence-electron chi connectivity index (χ2n) is 4.42. The number of aliphatic hydroxyl groups excluding tert-OH is 1. The van der Waals surface area contributed by atoms with Crippen molar-refractivity contribution in [2.45, 2.75) is 13.3 Å². The fourth-order valence-electron chi connectivity index (χ4n) is 2.07. The van der Waals surface area contributed by atoms with Crippen molar-refractivity contribution in [3.05, 3.63) is 11.1 Å². The number of likely N-dealkylation sites (tertiary alicyclic amines) is 1. The van der Waals surface area contributed by atoms with Gasteiger partial charge in [-0.3, -0.25) is 4.79 Å². The summed E-state index contributed by atoms with van der Waals surface area (Å²) in [5.74, 6) is 0.439. The fraction of sp³-hybridized carbons (Fsp3) is 0.727. The lowest BCUT2D eigenvalue weighted by Crippen LogP contribution is -2.38. The van der Waals surface area contributed by atoms with Gasteiger partial charge in [0.2, 0.25) is 5.91 Å². The average Bonchev–Trinajstić information content (AvgIpc) is 2.61. The molecule has 0 radical (unpaired) electrons. The van der Waals surface area contributed by atoms with Crippen LogP contribution in [0.1, 0.15) is 13.3 Å². The van der Waals surface area contributed by atoms with E-state index in [4.69, 9.17) is 5.11 Å². The summed E-state index contributed by atoms with van der Waals surface area (Å²) < 4.78 is 0. The second-order valence-corrected chi connectivity index (χ2v) is 4.42. The van der Waals surface area contributed by atoms with Gasteiger partial charge in [-0.2, -0.15) is 0 Å². The van der Waals surface area contributed by atoms with Crippen molar-refractivity contribution < 1.29 is 9.90 Å². The summed E-state index contributed by atoms with van der Waals surface area (Å²) in [6.07, 6.45) is 0.934. The molecule has 2 saturated heterocycles. The predicted molar refractivity (Wildman–Crippen MR) is 57.3 cm³/mol. The maximum Gasteiger partial charge on any atom is 0.249 e. The van der Waals surface area contributed by atoms with E-state index in [9.17, 15) is 4.79 Å². The molecule has 0 aliphatic carbocycles. The number of aliphatic hydroxyl groups is 1. The zero-order valence-corrected chi connectivity index (χ0v) is 9.12. The van der Waals surface area contributed by atoms with Crippen molar-refractivity contribution in [2.24, 2.45) is 5.92 Å². The monoisotopic (exact) mass is 210 g/mol. The minimum atomic E-state index is 0.155. The van der Waals surface area contributed by atoms with Crippen molar-refractivity contribution in [1.82, 2.24) is 10.2 Å². The van der Waals surface area contributed by atoms with Crippen LogP contribution >= 0.6 is 0 Å². The zero-order chi connectivity index (χ0) is 10.8. The Balaban J connectivity index is 1.97. The molecule has 1 unspecified atom stereocenters. The number of carbonyl (C=O) groups is 1. The van der Waals surface area contributed by atoms with Crippen LogP contribution in [-0.2, 0) is 4.79 Å². The topological polar surface area (TPSA) is 52.6 Å². The molecular formula is C11H18N2O2. The van der Waals surface area contributed by atoms with Crippen molar-refractivity contribution >= 4 is 5.91 Å². The lowest BCUT2D eigenvalue weighted by Gasteiger charge is -2.24. The second kappa shape index (κ2) is 4.33. The van der Waals surface area contributed by atoms with Crippen molar-refractivity contribution in [3.8, 4) is 0 Å². The third-order valence-corrected chi connectivity index (χ3v) is 3.36. The number of nitrogens with zero attached hydrogens (tertiary/aromatic N) is 1. The van der Waals surface area contributed by atoms with E-state index in [1.54, 1.807) is 0 Å². The molecule has 2 N–H and O–H groups in total.